The maximum Gasteiger partial charge on any atom is 0.308 e. The monoisotopic (exact) mass is 191 g/mol. The van der Waals surface area contributed by atoms with E-state index in [-0.39, 0.29) is 0 Å². The van der Waals surface area contributed by atoms with Crippen LogP contribution in [0.2, 0.25) is 0 Å². The molecule has 0 aliphatic heterocycles. The summed E-state index contributed by atoms with van der Waals surface area (Å²) in [5.74, 6) is 2.65. The number of rotatable bonds is 7. The fourth-order valence-corrected chi connectivity index (χ4v) is 3.35. The molecule has 0 saturated heterocycles. The number of carboxylic acid groups (broad SMARTS) is 1. The Morgan fingerprint density at radius 3 is 2.00 bits per heavy atom. The molecule has 0 amide bonds. The van der Waals surface area contributed by atoms with Crippen molar-refractivity contribution in [2.75, 3.05) is 17.3 Å². The Morgan fingerprint density at radius 1 is 1.17 bits per heavy atom. The standard InChI is InChI=1S/C9H18O2S/c1-3-6-12(7-4-2)8-5-9(10)11/h3-8H2,1-2H3/p+1. The molecule has 0 fully saturated rings. The highest BCUT2D eigenvalue weighted by Crippen LogP contribution is 2.03. The lowest BCUT2D eigenvalue weighted by molar-refractivity contribution is -0.136. The summed E-state index contributed by atoms with van der Waals surface area (Å²) in [5.41, 5.74) is 0. The SMILES string of the molecule is CCC[S+](CCC)CCC(=O)O. The van der Waals surface area contributed by atoms with E-state index in [9.17, 15) is 4.79 Å². The Balaban J connectivity index is 3.54. The summed E-state index contributed by atoms with van der Waals surface area (Å²) >= 11 is 0. The molecule has 0 atom stereocenters. The minimum Gasteiger partial charge on any atom is -0.481 e. The smallest absolute Gasteiger partial charge is 0.308 e. The van der Waals surface area contributed by atoms with Gasteiger partial charge in [-0.25, -0.2) is 0 Å². The molecule has 72 valence electrons. The number of carbonyl (C=O) groups is 1. The van der Waals surface area contributed by atoms with Crippen LogP contribution in [-0.2, 0) is 15.7 Å². The molecule has 0 aromatic rings. The maximum atomic E-state index is 10.3. The Morgan fingerprint density at radius 2 is 1.67 bits per heavy atom. The Bertz CT molecular complexity index is 120. The van der Waals surface area contributed by atoms with Crippen LogP contribution in [0.3, 0.4) is 0 Å². The predicted molar refractivity (Wildman–Crippen MR) is 54.8 cm³/mol. The second kappa shape index (κ2) is 7.47. The van der Waals surface area contributed by atoms with Crippen LogP contribution in [-0.4, -0.2) is 28.3 Å². The molecular formula is C9H19O2S+. The highest BCUT2D eigenvalue weighted by Gasteiger charge is 2.16. The van der Waals surface area contributed by atoms with Crippen molar-refractivity contribution in [3.63, 3.8) is 0 Å². The van der Waals surface area contributed by atoms with E-state index in [1.807, 2.05) is 0 Å². The molecule has 0 bridgehead atoms. The Kier molecular flexibility index (Phi) is 7.36. The minimum absolute atomic E-state index is 0.350. The molecule has 0 heterocycles. The van der Waals surface area contributed by atoms with E-state index in [4.69, 9.17) is 5.11 Å². The van der Waals surface area contributed by atoms with Gasteiger partial charge in [0.1, 0.15) is 17.3 Å². The zero-order valence-electron chi connectivity index (χ0n) is 8.01. The molecule has 2 nitrogen and oxygen atoms in total. The zero-order chi connectivity index (χ0) is 9.40. The summed E-state index contributed by atoms with van der Waals surface area (Å²) < 4.78 is 0. The number of carboxylic acids is 1. The van der Waals surface area contributed by atoms with E-state index in [2.05, 4.69) is 13.8 Å². The second-order valence-corrected chi connectivity index (χ2v) is 5.32. The van der Waals surface area contributed by atoms with Crippen LogP contribution in [0.25, 0.3) is 0 Å². The molecule has 1 N–H and O–H groups in total. The Labute approximate surface area is 77.7 Å². The predicted octanol–water partition coefficient (Wildman–Crippen LogP) is 1.90. The third-order valence-corrected chi connectivity index (χ3v) is 4.34. The van der Waals surface area contributed by atoms with Gasteiger partial charge in [0.2, 0.25) is 0 Å². The van der Waals surface area contributed by atoms with Crippen molar-refractivity contribution in [2.45, 2.75) is 33.1 Å². The van der Waals surface area contributed by atoms with Crippen LogP contribution in [0.5, 0.6) is 0 Å². The lowest BCUT2D eigenvalue weighted by Crippen LogP contribution is -2.17. The number of aliphatic carboxylic acids is 1. The van der Waals surface area contributed by atoms with Gasteiger partial charge in [-0.2, -0.15) is 0 Å². The van der Waals surface area contributed by atoms with Crippen molar-refractivity contribution in [3.8, 4) is 0 Å². The summed E-state index contributed by atoms with van der Waals surface area (Å²) in [7, 11) is 0.374. The van der Waals surface area contributed by atoms with E-state index in [1.165, 1.54) is 24.3 Å². The van der Waals surface area contributed by atoms with Gasteiger partial charge in [-0.15, -0.1) is 0 Å². The average molecular weight is 191 g/mol. The van der Waals surface area contributed by atoms with Gasteiger partial charge in [0.15, 0.2) is 0 Å². The minimum atomic E-state index is -0.653. The molecule has 0 spiro atoms. The van der Waals surface area contributed by atoms with E-state index >= 15 is 0 Å². The molecule has 0 saturated carbocycles. The van der Waals surface area contributed by atoms with Crippen LogP contribution < -0.4 is 0 Å². The number of hydrogen-bond acceptors (Lipinski definition) is 1. The van der Waals surface area contributed by atoms with Crippen molar-refractivity contribution in [2.24, 2.45) is 0 Å². The third kappa shape index (κ3) is 6.53. The molecule has 0 radical (unpaired) electrons. The van der Waals surface area contributed by atoms with Crippen molar-refractivity contribution in [1.82, 2.24) is 0 Å². The van der Waals surface area contributed by atoms with Crippen LogP contribution in [0.1, 0.15) is 33.1 Å². The second-order valence-electron chi connectivity index (χ2n) is 2.87. The zero-order valence-corrected chi connectivity index (χ0v) is 8.82. The molecule has 3 heteroatoms. The molecule has 0 aromatic carbocycles. The van der Waals surface area contributed by atoms with Crippen LogP contribution in [0.4, 0.5) is 0 Å². The topological polar surface area (TPSA) is 37.3 Å². The molecular weight excluding hydrogens is 172 g/mol. The van der Waals surface area contributed by atoms with Gasteiger partial charge >= 0.3 is 5.97 Å². The van der Waals surface area contributed by atoms with Crippen LogP contribution in [0, 0.1) is 0 Å². The highest BCUT2D eigenvalue weighted by atomic mass is 32.2. The first-order valence-electron chi connectivity index (χ1n) is 4.56. The third-order valence-electron chi connectivity index (χ3n) is 1.59. The fourth-order valence-electron chi connectivity index (χ4n) is 1.12. The molecule has 0 aromatic heterocycles. The van der Waals surface area contributed by atoms with Crippen LogP contribution in [0.15, 0.2) is 0 Å². The van der Waals surface area contributed by atoms with Gasteiger partial charge < -0.3 is 5.11 Å². The van der Waals surface area contributed by atoms with Gasteiger partial charge in [0.05, 0.1) is 6.42 Å². The Hall–Kier alpha value is -0.180. The molecule has 0 aliphatic carbocycles. The first kappa shape index (κ1) is 11.8. The first-order valence-corrected chi connectivity index (χ1v) is 6.29. The first-order chi connectivity index (χ1) is 5.70. The quantitative estimate of drug-likeness (QED) is 0.624. The van der Waals surface area contributed by atoms with Crippen molar-refractivity contribution >= 4 is 16.9 Å². The molecule has 0 unspecified atom stereocenters. The van der Waals surface area contributed by atoms with E-state index < -0.39 is 5.97 Å². The summed E-state index contributed by atoms with van der Waals surface area (Å²) in [6, 6.07) is 0. The van der Waals surface area contributed by atoms with E-state index in [1.54, 1.807) is 0 Å². The van der Waals surface area contributed by atoms with Gasteiger partial charge in [0.25, 0.3) is 0 Å². The number of hydrogen-bond donors (Lipinski definition) is 1. The molecule has 0 aliphatic rings. The summed E-state index contributed by atoms with van der Waals surface area (Å²) in [6.45, 7) is 4.33. The van der Waals surface area contributed by atoms with Crippen molar-refractivity contribution in [3.05, 3.63) is 0 Å². The van der Waals surface area contributed by atoms with E-state index in [0.29, 0.717) is 17.3 Å². The molecule has 0 rings (SSSR count). The van der Waals surface area contributed by atoms with Crippen molar-refractivity contribution < 1.29 is 9.90 Å². The van der Waals surface area contributed by atoms with Gasteiger partial charge in [-0.1, -0.05) is 13.8 Å². The van der Waals surface area contributed by atoms with Gasteiger partial charge in [0, 0.05) is 0 Å². The highest BCUT2D eigenvalue weighted by molar-refractivity contribution is 7.96. The lowest BCUT2D eigenvalue weighted by Gasteiger charge is -2.04. The largest absolute Gasteiger partial charge is 0.481 e. The van der Waals surface area contributed by atoms with E-state index in [0.717, 1.165) is 5.75 Å². The van der Waals surface area contributed by atoms with Gasteiger partial charge in [-0.3, -0.25) is 4.79 Å². The summed E-state index contributed by atoms with van der Waals surface area (Å²) in [4.78, 5) is 10.3. The average Bonchev–Trinajstić information content (AvgIpc) is 2.01. The fraction of sp³-hybridized carbons (Fsp3) is 0.889. The lowest BCUT2D eigenvalue weighted by atomic mass is 10.5. The maximum absolute atomic E-state index is 10.3. The summed E-state index contributed by atoms with van der Waals surface area (Å²) in [5, 5.41) is 8.50. The van der Waals surface area contributed by atoms with Crippen LogP contribution >= 0.6 is 0 Å². The van der Waals surface area contributed by atoms with Crippen molar-refractivity contribution in [1.29, 1.82) is 0 Å². The summed E-state index contributed by atoms with van der Waals surface area (Å²) in [6.07, 6.45) is 2.72. The normalized spacial score (nSPS) is 10.6. The molecule has 12 heavy (non-hydrogen) atoms. The van der Waals surface area contributed by atoms with Gasteiger partial charge in [-0.05, 0) is 23.7 Å².